The van der Waals surface area contributed by atoms with Crippen LogP contribution < -0.4 is 5.73 Å². The SMILES string of the molecule is CCOC(=O)C(C)(CN)Cc1ccn(C2CCCCC2)n1. The zero-order valence-electron chi connectivity index (χ0n) is 13.2. The van der Waals surface area contributed by atoms with Crippen LogP contribution in [0.2, 0.25) is 0 Å². The van der Waals surface area contributed by atoms with Gasteiger partial charge in [-0.05, 0) is 32.8 Å². The Bertz CT molecular complexity index is 466. The van der Waals surface area contributed by atoms with E-state index >= 15 is 0 Å². The molecule has 0 spiro atoms. The molecular weight excluding hydrogens is 266 g/mol. The zero-order valence-corrected chi connectivity index (χ0v) is 13.2. The first-order valence-corrected chi connectivity index (χ1v) is 8.00. The van der Waals surface area contributed by atoms with Gasteiger partial charge in [-0.15, -0.1) is 0 Å². The monoisotopic (exact) mass is 293 g/mol. The number of ether oxygens (including phenoxy) is 1. The van der Waals surface area contributed by atoms with Crippen molar-refractivity contribution in [2.45, 2.75) is 58.4 Å². The van der Waals surface area contributed by atoms with Gasteiger partial charge in [-0.1, -0.05) is 19.3 Å². The van der Waals surface area contributed by atoms with E-state index < -0.39 is 5.41 Å². The van der Waals surface area contributed by atoms with Gasteiger partial charge in [0.2, 0.25) is 0 Å². The average molecular weight is 293 g/mol. The van der Waals surface area contributed by atoms with Gasteiger partial charge in [0.15, 0.2) is 0 Å². The number of nitrogens with two attached hydrogens (primary N) is 1. The molecule has 2 N–H and O–H groups in total. The van der Waals surface area contributed by atoms with Crippen molar-refractivity contribution in [1.29, 1.82) is 0 Å². The quantitative estimate of drug-likeness (QED) is 0.818. The molecule has 0 radical (unpaired) electrons. The van der Waals surface area contributed by atoms with Crippen LogP contribution in [0.25, 0.3) is 0 Å². The number of hydrogen-bond donors (Lipinski definition) is 1. The van der Waals surface area contributed by atoms with Crippen LogP contribution in [0.3, 0.4) is 0 Å². The predicted molar refractivity (Wildman–Crippen MR) is 81.8 cm³/mol. The normalized spacial score (nSPS) is 19.2. The van der Waals surface area contributed by atoms with E-state index in [4.69, 9.17) is 10.5 Å². The summed E-state index contributed by atoms with van der Waals surface area (Å²) in [5, 5.41) is 4.66. The van der Waals surface area contributed by atoms with Crippen molar-refractivity contribution in [3.8, 4) is 0 Å². The molecule has 1 unspecified atom stereocenters. The molecule has 0 saturated heterocycles. The van der Waals surface area contributed by atoms with E-state index in [1.807, 2.05) is 26.1 Å². The summed E-state index contributed by atoms with van der Waals surface area (Å²) in [5.74, 6) is -0.236. The van der Waals surface area contributed by atoms with Crippen molar-refractivity contribution < 1.29 is 9.53 Å². The third-order valence-corrected chi connectivity index (χ3v) is 4.40. The molecule has 1 saturated carbocycles. The summed E-state index contributed by atoms with van der Waals surface area (Å²) in [4.78, 5) is 12.1. The summed E-state index contributed by atoms with van der Waals surface area (Å²) < 4.78 is 7.21. The minimum absolute atomic E-state index is 0.236. The van der Waals surface area contributed by atoms with Crippen molar-refractivity contribution in [3.63, 3.8) is 0 Å². The molecule has 0 aliphatic heterocycles. The lowest BCUT2D eigenvalue weighted by Gasteiger charge is -2.25. The summed E-state index contributed by atoms with van der Waals surface area (Å²) in [5.41, 5.74) is 6.03. The summed E-state index contributed by atoms with van der Waals surface area (Å²) in [6.07, 6.45) is 8.86. The van der Waals surface area contributed by atoms with E-state index in [9.17, 15) is 4.79 Å². The Labute approximate surface area is 126 Å². The molecule has 1 atom stereocenters. The van der Waals surface area contributed by atoms with Crippen molar-refractivity contribution in [2.75, 3.05) is 13.2 Å². The molecule has 1 aliphatic carbocycles. The Balaban J connectivity index is 2.04. The maximum Gasteiger partial charge on any atom is 0.313 e. The van der Waals surface area contributed by atoms with Crippen LogP contribution in [-0.4, -0.2) is 28.9 Å². The van der Waals surface area contributed by atoms with E-state index in [0.29, 0.717) is 19.1 Å². The van der Waals surface area contributed by atoms with Crippen LogP contribution in [0, 0.1) is 5.41 Å². The van der Waals surface area contributed by atoms with E-state index in [1.54, 1.807) is 0 Å². The van der Waals surface area contributed by atoms with E-state index in [1.165, 1.54) is 32.1 Å². The first-order chi connectivity index (χ1) is 10.1. The molecule has 5 nitrogen and oxygen atoms in total. The molecule has 0 aromatic carbocycles. The highest BCUT2D eigenvalue weighted by Gasteiger charge is 2.34. The first kappa shape index (κ1) is 16.0. The molecule has 1 heterocycles. The van der Waals surface area contributed by atoms with E-state index in [0.717, 1.165) is 5.69 Å². The van der Waals surface area contributed by atoms with Gasteiger partial charge in [-0.3, -0.25) is 9.48 Å². The van der Waals surface area contributed by atoms with Gasteiger partial charge in [0.05, 0.1) is 23.8 Å². The van der Waals surface area contributed by atoms with E-state index in [2.05, 4.69) is 9.78 Å². The highest BCUT2D eigenvalue weighted by molar-refractivity contribution is 5.77. The third kappa shape index (κ3) is 3.84. The summed E-state index contributed by atoms with van der Waals surface area (Å²) in [6, 6.07) is 2.51. The number of esters is 1. The molecule has 2 rings (SSSR count). The molecule has 1 fully saturated rings. The number of carbonyl (C=O) groups excluding carboxylic acids is 1. The topological polar surface area (TPSA) is 70.1 Å². The van der Waals surface area contributed by atoms with Gasteiger partial charge in [0.1, 0.15) is 0 Å². The maximum atomic E-state index is 12.1. The fourth-order valence-electron chi connectivity index (χ4n) is 2.95. The average Bonchev–Trinajstić information content (AvgIpc) is 2.96. The Kier molecular flexibility index (Phi) is 5.39. The predicted octanol–water partition coefficient (Wildman–Crippen LogP) is 2.46. The Morgan fingerprint density at radius 2 is 2.19 bits per heavy atom. The largest absolute Gasteiger partial charge is 0.466 e. The minimum Gasteiger partial charge on any atom is -0.466 e. The number of carbonyl (C=O) groups is 1. The highest BCUT2D eigenvalue weighted by Crippen LogP contribution is 2.28. The maximum absolute atomic E-state index is 12.1. The molecule has 1 aromatic rings. The Hall–Kier alpha value is -1.36. The van der Waals surface area contributed by atoms with Crippen LogP contribution in [0.5, 0.6) is 0 Å². The first-order valence-electron chi connectivity index (χ1n) is 8.00. The fraction of sp³-hybridized carbons (Fsp3) is 0.750. The second-order valence-corrected chi connectivity index (χ2v) is 6.24. The van der Waals surface area contributed by atoms with Crippen molar-refractivity contribution in [2.24, 2.45) is 11.1 Å². The summed E-state index contributed by atoms with van der Waals surface area (Å²) in [6.45, 7) is 4.31. The van der Waals surface area contributed by atoms with Crippen LogP contribution in [0.4, 0.5) is 0 Å². The standard InChI is InChI=1S/C16H27N3O2/c1-3-21-15(20)16(2,12-17)11-13-9-10-19(18-13)14-7-5-4-6-8-14/h9-10,14H,3-8,11-12,17H2,1-2H3. The van der Waals surface area contributed by atoms with Gasteiger partial charge >= 0.3 is 5.97 Å². The van der Waals surface area contributed by atoms with E-state index in [-0.39, 0.29) is 12.5 Å². The van der Waals surface area contributed by atoms with Gasteiger partial charge in [-0.2, -0.15) is 5.10 Å². The fourth-order valence-corrected chi connectivity index (χ4v) is 2.95. The molecule has 0 amide bonds. The van der Waals surface area contributed by atoms with Gasteiger partial charge in [0.25, 0.3) is 0 Å². The molecule has 1 aliphatic rings. The second kappa shape index (κ2) is 7.07. The van der Waals surface area contributed by atoms with Crippen molar-refractivity contribution >= 4 is 5.97 Å². The lowest BCUT2D eigenvalue weighted by atomic mass is 9.85. The van der Waals surface area contributed by atoms with Crippen LogP contribution in [0.15, 0.2) is 12.3 Å². The Morgan fingerprint density at radius 3 is 2.81 bits per heavy atom. The molecule has 5 heteroatoms. The van der Waals surface area contributed by atoms with Gasteiger partial charge < -0.3 is 10.5 Å². The number of nitrogens with zero attached hydrogens (tertiary/aromatic N) is 2. The number of aromatic nitrogens is 2. The van der Waals surface area contributed by atoms with Gasteiger partial charge in [0, 0.05) is 19.2 Å². The molecule has 21 heavy (non-hydrogen) atoms. The third-order valence-electron chi connectivity index (χ3n) is 4.40. The molecule has 1 aromatic heterocycles. The molecule has 0 bridgehead atoms. The van der Waals surface area contributed by atoms with Crippen LogP contribution in [0.1, 0.15) is 57.7 Å². The summed E-state index contributed by atoms with van der Waals surface area (Å²) >= 11 is 0. The lowest BCUT2D eigenvalue weighted by molar-refractivity contribution is -0.153. The number of rotatable bonds is 6. The van der Waals surface area contributed by atoms with Gasteiger partial charge in [-0.25, -0.2) is 0 Å². The molecule has 118 valence electrons. The molecular formula is C16H27N3O2. The van der Waals surface area contributed by atoms with Crippen LogP contribution >= 0.6 is 0 Å². The second-order valence-electron chi connectivity index (χ2n) is 6.24. The Morgan fingerprint density at radius 1 is 1.48 bits per heavy atom. The van der Waals surface area contributed by atoms with Crippen molar-refractivity contribution in [3.05, 3.63) is 18.0 Å². The zero-order chi connectivity index (χ0) is 15.3. The smallest absolute Gasteiger partial charge is 0.313 e. The summed E-state index contributed by atoms with van der Waals surface area (Å²) in [7, 11) is 0. The minimum atomic E-state index is -0.693. The highest BCUT2D eigenvalue weighted by atomic mass is 16.5. The lowest BCUT2D eigenvalue weighted by Crippen LogP contribution is -2.39. The van der Waals surface area contributed by atoms with Crippen LogP contribution in [-0.2, 0) is 16.0 Å². The number of hydrogen-bond acceptors (Lipinski definition) is 4. The van der Waals surface area contributed by atoms with Crippen molar-refractivity contribution in [1.82, 2.24) is 9.78 Å².